The summed E-state index contributed by atoms with van der Waals surface area (Å²) < 4.78 is 0. The van der Waals surface area contributed by atoms with Gasteiger partial charge in [-0.05, 0) is 53.8 Å². The third-order valence-corrected chi connectivity index (χ3v) is 5.50. The van der Waals surface area contributed by atoms with E-state index < -0.39 is 0 Å². The van der Waals surface area contributed by atoms with Crippen LogP contribution in [0.25, 0.3) is 0 Å². The minimum Gasteiger partial charge on any atom is -0.399 e. The Bertz CT molecular complexity index is 748. The number of anilines is 1. The smallest absolute Gasteiger partial charge is 0.147 e. The van der Waals surface area contributed by atoms with Crippen molar-refractivity contribution in [3.8, 4) is 0 Å². The number of Topliss-reactive ketones (excluding diaryl/α,β-unsaturated/α-hetero) is 1. The molecule has 22 heavy (non-hydrogen) atoms. The number of fused-ring (bicyclic) bond motifs is 2. The van der Waals surface area contributed by atoms with E-state index in [4.69, 9.17) is 5.73 Å². The Morgan fingerprint density at radius 1 is 1.27 bits per heavy atom. The van der Waals surface area contributed by atoms with Crippen LogP contribution in [0.1, 0.15) is 54.5 Å². The maximum Gasteiger partial charge on any atom is 0.147 e. The molecule has 0 radical (unpaired) electrons. The molecule has 1 unspecified atom stereocenters. The Labute approximate surface area is 130 Å². The molecule has 0 saturated heterocycles. The Balaban J connectivity index is 1.86. The number of ketones is 1. The van der Waals surface area contributed by atoms with Gasteiger partial charge in [-0.1, -0.05) is 19.4 Å². The summed E-state index contributed by atoms with van der Waals surface area (Å²) in [5.41, 5.74) is 11.3. The topological polar surface area (TPSA) is 56.0 Å². The summed E-state index contributed by atoms with van der Waals surface area (Å²) in [6.45, 7) is 2.15. The van der Waals surface area contributed by atoms with E-state index in [0.717, 1.165) is 30.6 Å². The van der Waals surface area contributed by atoms with Crippen LogP contribution in [0.2, 0.25) is 0 Å². The first-order valence-electron chi connectivity index (χ1n) is 7.99. The van der Waals surface area contributed by atoms with E-state index in [-0.39, 0.29) is 11.3 Å². The van der Waals surface area contributed by atoms with Gasteiger partial charge >= 0.3 is 0 Å². The van der Waals surface area contributed by atoms with Crippen molar-refractivity contribution in [3.05, 3.63) is 58.9 Å². The van der Waals surface area contributed by atoms with E-state index >= 15 is 0 Å². The molecule has 2 aliphatic rings. The van der Waals surface area contributed by atoms with Crippen LogP contribution in [-0.4, -0.2) is 10.8 Å². The minimum absolute atomic E-state index is 0.154. The summed E-state index contributed by atoms with van der Waals surface area (Å²) in [6, 6.07) is 10.0. The first-order chi connectivity index (χ1) is 10.6. The Morgan fingerprint density at radius 2 is 2.09 bits per heavy atom. The van der Waals surface area contributed by atoms with Gasteiger partial charge in [-0.25, -0.2) is 0 Å². The summed E-state index contributed by atoms with van der Waals surface area (Å²) in [5.74, 6) is 0.537. The highest BCUT2D eigenvalue weighted by Gasteiger charge is 2.51. The fraction of sp³-hybridized carbons (Fsp3) is 0.368. The number of carbonyl (C=O) groups excluding carboxylic acids is 1. The fourth-order valence-corrected chi connectivity index (χ4v) is 4.08. The maximum absolute atomic E-state index is 12.6. The molecule has 112 valence electrons. The van der Waals surface area contributed by atoms with E-state index in [0.29, 0.717) is 12.2 Å². The average Bonchev–Trinajstić information content (AvgIpc) is 2.78. The van der Waals surface area contributed by atoms with Crippen molar-refractivity contribution in [2.45, 2.75) is 43.9 Å². The van der Waals surface area contributed by atoms with Gasteiger partial charge in [-0.2, -0.15) is 0 Å². The zero-order chi connectivity index (χ0) is 15.3. The molecule has 4 rings (SSSR count). The number of aromatic nitrogens is 1. The Kier molecular flexibility index (Phi) is 2.86. The maximum atomic E-state index is 12.6. The van der Waals surface area contributed by atoms with Crippen LogP contribution in [0, 0.1) is 0 Å². The first-order valence-corrected chi connectivity index (χ1v) is 7.99. The third kappa shape index (κ3) is 1.75. The van der Waals surface area contributed by atoms with Gasteiger partial charge in [-0.15, -0.1) is 0 Å². The van der Waals surface area contributed by atoms with Crippen LogP contribution in [0.3, 0.4) is 0 Å². The normalized spacial score (nSPS) is 19.8. The van der Waals surface area contributed by atoms with Crippen molar-refractivity contribution in [1.29, 1.82) is 0 Å². The van der Waals surface area contributed by atoms with Gasteiger partial charge < -0.3 is 5.73 Å². The number of nitrogen functional groups attached to an aromatic ring is 1. The van der Waals surface area contributed by atoms with Gasteiger partial charge in [0.05, 0.1) is 5.41 Å². The molecule has 3 nitrogen and oxygen atoms in total. The van der Waals surface area contributed by atoms with Crippen LogP contribution >= 0.6 is 0 Å². The summed E-state index contributed by atoms with van der Waals surface area (Å²) >= 11 is 0. The highest BCUT2D eigenvalue weighted by atomic mass is 16.1. The summed E-state index contributed by atoms with van der Waals surface area (Å²) in [7, 11) is 0. The van der Waals surface area contributed by atoms with Gasteiger partial charge in [0.25, 0.3) is 0 Å². The summed E-state index contributed by atoms with van der Waals surface area (Å²) in [6.07, 6.45) is 5.49. The Morgan fingerprint density at radius 3 is 2.73 bits per heavy atom. The highest BCUT2D eigenvalue weighted by Crippen LogP contribution is 2.52. The van der Waals surface area contributed by atoms with Gasteiger partial charge in [0.2, 0.25) is 0 Å². The van der Waals surface area contributed by atoms with Gasteiger partial charge in [0.1, 0.15) is 5.78 Å². The lowest BCUT2D eigenvalue weighted by molar-refractivity contribution is -0.125. The van der Waals surface area contributed by atoms with E-state index in [1.54, 1.807) is 0 Å². The van der Waals surface area contributed by atoms with Gasteiger partial charge in [0, 0.05) is 29.9 Å². The average molecular weight is 292 g/mol. The lowest BCUT2D eigenvalue weighted by atomic mass is 9.64. The van der Waals surface area contributed by atoms with Crippen LogP contribution < -0.4 is 5.73 Å². The number of nitrogens with zero attached hydrogens (tertiary/aromatic N) is 1. The predicted octanol–water partition coefficient (Wildman–Crippen LogP) is 3.36. The quantitative estimate of drug-likeness (QED) is 0.863. The van der Waals surface area contributed by atoms with Crippen molar-refractivity contribution in [1.82, 2.24) is 4.98 Å². The number of pyridine rings is 1. The van der Waals surface area contributed by atoms with Crippen molar-refractivity contribution in [3.63, 3.8) is 0 Å². The van der Waals surface area contributed by atoms with Crippen LogP contribution in [0.5, 0.6) is 0 Å². The zero-order valence-corrected chi connectivity index (χ0v) is 12.8. The molecule has 1 heterocycles. The first kappa shape index (κ1) is 13.5. The number of carbonyl (C=O) groups is 1. The lowest BCUT2D eigenvalue weighted by Crippen LogP contribution is -2.39. The molecule has 0 bridgehead atoms. The molecule has 1 atom stereocenters. The molecular formula is C19H20N2O. The molecule has 2 N–H and O–H groups in total. The van der Waals surface area contributed by atoms with Gasteiger partial charge in [0.15, 0.2) is 0 Å². The van der Waals surface area contributed by atoms with Crippen molar-refractivity contribution < 1.29 is 4.79 Å². The van der Waals surface area contributed by atoms with Crippen molar-refractivity contribution in [2.75, 3.05) is 5.73 Å². The lowest BCUT2D eigenvalue weighted by Gasteiger charge is -2.38. The SMILES string of the molecule is CC(c1ccccn1)c1cc(N)cc2c1CC(=O)C21CCC1. The second-order valence-corrected chi connectivity index (χ2v) is 6.65. The zero-order valence-electron chi connectivity index (χ0n) is 12.8. The number of hydrogen-bond acceptors (Lipinski definition) is 3. The molecule has 0 amide bonds. The monoisotopic (exact) mass is 292 g/mol. The summed E-state index contributed by atoms with van der Waals surface area (Å²) in [5, 5.41) is 0. The largest absolute Gasteiger partial charge is 0.399 e. The number of hydrogen-bond donors (Lipinski definition) is 1. The molecule has 0 aliphatic heterocycles. The van der Waals surface area contributed by atoms with Crippen molar-refractivity contribution >= 4 is 11.5 Å². The minimum atomic E-state index is -0.219. The van der Waals surface area contributed by atoms with Crippen LogP contribution in [-0.2, 0) is 16.6 Å². The van der Waals surface area contributed by atoms with E-state index in [9.17, 15) is 4.79 Å². The fourth-order valence-electron chi connectivity index (χ4n) is 4.08. The molecule has 1 aromatic carbocycles. The predicted molar refractivity (Wildman–Crippen MR) is 86.8 cm³/mol. The molecule has 1 fully saturated rings. The highest BCUT2D eigenvalue weighted by molar-refractivity contribution is 5.98. The molecule has 3 heteroatoms. The van der Waals surface area contributed by atoms with Gasteiger partial charge in [-0.3, -0.25) is 9.78 Å². The van der Waals surface area contributed by atoms with Crippen LogP contribution in [0.15, 0.2) is 36.5 Å². The second-order valence-electron chi connectivity index (χ2n) is 6.65. The molecule has 2 aliphatic carbocycles. The van der Waals surface area contributed by atoms with Crippen molar-refractivity contribution in [2.24, 2.45) is 0 Å². The van der Waals surface area contributed by atoms with E-state index in [1.807, 2.05) is 36.5 Å². The van der Waals surface area contributed by atoms with E-state index in [2.05, 4.69) is 11.9 Å². The third-order valence-electron chi connectivity index (χ3n) is 5.50. The molecule has 1 saturated carbocycles. The Hall–Kier alpha value is -2.16. The number of rotatable bonds is 2. The second kappa shape index (κ2) is 4.67. The molecule has 1 aromatic heterocycles. The van der Waals surface area contributed by atoms with Crippen LogP contribution in [0.4, 0.5) is 5.69 Å². The number of benzene rings is 1. The number of nitrogens with two attached hydrogens (primary N) is 1. The van der Waals surface area contributed by atoms with E-state index in [1.165, 1.54) is 16.7 Å². The summed E-state index contributed by atoms with van der Waals surface area (Å²) in [4.78, 5) is 17.1. The standard InChI is InChI=1S/C19H20N2O/c1-12(17-5-2-3-8-21-17)14-9-13(20)10-16-15(14)11-18(22)19(16)6-4-7-19/h2-3,5,8-10,12H,4,6-7,11,20H2,1H3. The molecule has 1 spiro atoms. The molecule has 2 aromatic rings. The molecular weight excluding hydrogens is 272 g/mol.